The Morgan fingerprint density at radius 1 is 1.11 bits per heavy atom. The molecule has 2 aromatic rings. The predicted molar refractivity (Wildman–Crippen MR) is 109 cm³/mol. The second kappa shape index (κ2) is 8.13. The van der Waals surface area contributed by atoms with Crippen molar-refractivity contribution < 1.29 is 14.7 Å². The number of pyridine rings is 1. The number of carboxylic acids is 1. The maximum Gasteiger partial charge on any atom is 0.335 e. The van der Waals surface area contributed by atoms with Crippen molar-refractivity contribution >= 4 is 11.9 Å². The van der Waals surface area contributed by atoms with Crippen LogP contribution < -0.4 is 0 Å². The predicted octanol–water partition coefficient (Wildman–Crippen LogP) is 4.17. The summed E-state index contributed by atoms with van der Waals surface area (Å²) in [4.78, 5) is 30.4. The first-order valence-corrected chi connectivity index (χ1v) is 9.82. The molecule has 0 radical (unpaired) electrons. The van der Waals surface area contributed by atoms with E-state index in [-0.39, 0.29) is 11.3 Å². The molecule has 1 aliphatic rings. The molecule has 0 saturated carbocycles. The average molecular weight is 380 g/mol. The van der Waals surface area contributed by atoms with Gasteiger partial charge in [-0.25, -0.2) is 4.79 Å². The van der Waals surface area contributed by atoms with Crippen molar-refractivity contribution in [1.82, 2.24) is 9.88 Å². The number of piperidine rings is 1. The van der Waals surface area contributed by atoms with E-state index >= 15 is 0 Å². The Hall–Kier alpha value is -2.69. The van der Waals surface area contributed by atoms with E-state index < -0.39 is 5.97 Å². The van der Waals surface area contributed by atoms with Crippen LogP contribution in [0.1, 0.15) is 65.6 Å². The molecule has 1 fully saturated rings. The van der Waals surface area contributed by atoms with E-state index in [1.165, 1.54) is 0 Å². The Bertz CT molecular complexity index is 845. The number of carbonyl (C=O) groups excluding carboxylic acids is 1. The number of likely N-dealkylation sites (tertiary alicyclic amines) is 1. The number of rotatable bonds is 4. The van der Waals surface area contributed by atoms with E-state index in [1.54, 1.807) is 18.3 Å². The number of hydrogen-bond acceptors (Lipinski definition) is 3. The SMILES string of the molecule is CC(C)(C)c1ccc(C(=O)N2CCC(Cc3ccccc3C(=O)O)CC2)nc1. The molecule has 1 aromatic carbocycles. The molecule has 1 aromatic heterocycles. The van der Waals surface area contributed by atoms with Crippen LogP contribution in [0.4, 0.5) is 0 Å². The molecule has 28 heavy (non-hydrogen) atoms. The minimum atomic E-state index is -0.881. The number of aromatic carboxylic acids is 1. The van der Waals surface area contributed by atoms with Gasteiger partial charge in [0.25, 0.3) is 5.91 Å². The van der Waals surface area contributed by atoms with Gasteiger partial charge in [0.15, 0.2) is 0 Å². The van der Waals surface area contributed by atoms with Crippen molar-refractivity contribution in [2.45, 2.75) is 45.4 Å². The first kappa shape index (κ1) is 20.1. The molecular weight excluding hydrogens is 352 g/mol. The van der Waals surface area contributed by atoms with Crippen molar-refractivity contribution in [1.29, 1.82) is 0 Å². The van der Waals surface area contributed by atoms with E-state index in [2.05, 4.69) is 25.8 Å². The zero-order valence-corrected chi connectivity index (χ0v) is 16.8. The Balaban J connectivity index is 1.59. The lowest BCUT2D eigenvalue weighted by Crippen LogP contribution is -2.39. The van der Waals surface area contributed by atoms with Crippen molar-refractivity contribution in [3.05, 3.63) is 65.0 Å². The summed E-state index contributed by atoms with van der Waals surface area (Å²) >= 11 is 0. The third kappa shape index (κ3) is 4.58. The molecule has 0 spiro atoms. The van der Waals surface area contributed by atoms with Crippen LogP contribution in [-0.4, -0.2) is 40.0 Å². The minimum Gasteiger partial charge on any atom is -0.478 e. The third-order valence-electron chi connectivity index (χ3n) is 5.51. The summed E-state index contributed by atoms with van der Waals surface area (Å²) in [6.45, 7) is 7.74. The molecule has 1 aliphatic heterocycles. The maximum atomic E-state index is 12.8. The molecule has 0 unspecified atom stereocenters. The number of benzene rings is 1. The van der Waals surface area contributed by atoms with Gasteiger partial charge in [-0.15, -0.1) is 0 Å². The van der Waals surface area contributed by atoms with E-state index in [1.807, 2.05) is 29.2 Å². The van der Waals surface area contributed by atoms with E-state index in [4.69, 9.17) is 0 Å². The summed E-state index contributed by atoms with van der Waals surface area (Å²) in [7, 11) is 0. The Morgan fingerprint density at radius 2 is 1.79 bits per heavy atom. The quantitative estimate of drug-likeness (QED) is 0.864. The largest absolute Gasteiger partial charge is 0.478 e. The van der Waals surface area contributed by atoms with Crippen molar-refractivity contribution in [2.75, 3.05) is 13.1 Å². The van der Waals surface area contributed by atoms with Gasteiger partial charge in [-0.2, -0.15) is 0 Å². The first-order chi connectivity index (χ1) is 13.3. The third-order valence-corrected chi connectivity index (χ3v) is 5.51. The van der Waals surface area contributed by atoms with Gasteiger partial charge in [-0.05, 0) is 53.9 Å². The summed E-state index contributed by atoms with van der Waals surface area (Å²) in [5, 5.41) is 9.35. The number of aromatic nitrogens is 1. The number of amides is 1. The van der Waals surface area contributed by atoms with Crippen LogP contribution in [-0.2, 0) is 11.8 Å². The molecule has 148 valence electrons. The summed E-state index contributed by atoms with van der Waals surface area (Å²) in [6, 6.07) is 11.0. The van der Waals surface area contributed by atoms with Crippen LogP contribution in [0.5, 0.6) is 0 Å². The molecule has 5 heteroatoms. The van der Waals surface area contributed by atoms with Crippen molar-refractivity contribution in [2.24, 2.45) is 5.92 Å². The lowest BCUT2D eigenvalue weighted by atomic mass is 9.88. The van der Waals surface area contributed by atoms with Gasteiger partial charge in [-0.1, -0.05) is 45.0 Å². The first-order valence-electron chi connectivity index (χ1n) is 9.82. The van der Waals surface area contributed by atoms with Crippen molar-refractivity contribution in [3.8, 4) is 0 Å². The molecule has 1 N–H and O–H groups in total. The lowest BCUT2D eigenvalue weighted by Gasteiger charge is -2.32. The van der Waals surface area contributed by atoms with E-state index in [0.717, 1.165) is 30.4 Å². The van der Waals surface area contributed by atoms with Gasteiger partial charge >= 0.3 is 5.97 Å². The maximum absolute atomic E-state index is 12.8. The fourth-order valence-corrected chi connectivity index (χ4v) is 3.68. The molecular formula is C23H28N2O3. The molecule has 3 rings (SSSR count). The van der Waals surface area contributed by atoms with E-state index in [9.17, 15) is 14.7 Å². The van der Waals surface area contributed by atoms with Crippen LogP contribution in [0.2, 0.25) is 0 Å². The second-order valence-corrected chi connectivity index (χ2v) is 8.58. The van der Waals surface area contributed by atoms with Crippen LogP contribution in [0.25, 0.3) is 0 Å². The molecule has 0 aliphatic carbocycles. The fourth-order valence-electron chi connectivity index (χ4n) is 3.68. The molecule has 0 atom stereocenters. The normalized spacial score (nSPS) is 15.5. The zero-order chi connectivity index (χ0) is 20.3. The summed E-state index contributed by atoms with van der Waals surface area (Å²) in [5.74, 6) is -0.515. The Kier molecular flexibility index (Phi) is 5.82. The van der Waals surface area contributed by atoms with Gasteiger partial charge in [0.1, 0.15) is 5.69 Å². The highest BCUT2D eigenvalue weighted by Gasteiger charge is 2.26. The highest BCUT2D eigenvalue weighted by molar-refractivity contribution is 5.92. The molecule has 2 heterocycles. The van der Waals surface area contributed by atoms with E-state index in [0.29, 0.717) is 30.3 Å². The highest BCUT2D eigenvalue weighted by Crippen LogP contribution is 2.25. The zero-order valence-electron chi connectivity index (χ0n) is 16.8. The Morgan fingerprint density at radius 3 is 2.36 bits per heavy atom. The minimum absolute atomic E-state index is 0.0131. The summed E-state index contributed by atoms with van der Waals surface area (Å²) in [6.07, 6.45) is 4.28. The van der Waals surface area contributed by atoms with Crippen molar-refractivity contribution in [3.63, 3.8) is 0 Å². The second-order valence-electron chi connectivity index (χ2n) is 8.58. The standard InChI is InChI=1S/C23H28N2O3/c1-23(2,3)18-8-9-20(24-15-18)21(26)25-12-10-16(11-13-25)14-17-6-4-5-7-19(17)22(27)28/h4-9,15-16H,10-14H2,1-3H3,(H,27,28). The molecule has 1 amide bonds. The van der Waals surface area contributed by atoms with Crippen LogP contribution in [0.3, 0.4) is 0 Å². The Labute approximate surface area is 166 Å². The smallest absolute Gasteiger partial charge is 0.335 e. The van der Waals surface area contributed by atoms with Crippen LogP contribution in [0.15, 0.2) is 42.6 Å². The van der Waals surface area contributed by atoms with Gasteiger partial charge in [0.05, 0.1) is 5.56 Å². The monoisotopic (exact) mass is 380 g/mol. The fraction of sp³-hybridized carbons (Fsp3) is 0.435. The summed E-state index contributed by atoms with van der Waals surface area (Å²) < 4.78 is 0. The molecule has 5 nitrogen and oxygen atoms in total. The number of carbonyl (C=O) groups is 2. The topological polar surface area (TPSA) is 70.5 Å². The van der Waals surface area contributed by atoms with Gasteiger partial charge in [0, 0.05) is 19.3 Å². The lowest BCUT2D eigenvalue weighted by molar-refractivity contribution is 0.0684. The van der Waals surface area contributed by atoms with Gasteiger partial charge in [0.2, 0.25) is 0 Å². The number of carboxylic acid groups (broad SMARTS) is 1. The van der Waals surface area contributed by atoms with Crippen LogP contribution >= 0.6 is 0 Å². The highest BCUT2D eigenvalue weighted by atomic mass is 16.4. The molecule has 1 saturated heterocycles. The number of hydrogen-bond donors (Lipinski definition) is 1. The average Bonchev–Trinajstić information content (AvgIpc) is 2.68. The van der Waals surface area contributed by atoms with Gasteiger partial charge < -0.3 is 10.0 Å². The molecule has 0 bridgehead atoms. The van der Waals surface area contributed by atoms with Gasteiger partial charge in [-0.3, -0.25) is 9.78 Å². The van der Waals surface area contributed by atoms with Crippen LogP contribution in [0, 0.1) is 5.92 Å². The summed E-state index contributed by atoms with van der Waals surface area (Å²) in [5.41, 5.74) is 2.87. The number of nitrogens with zero attached hydrogens (tertiary/aromatic N) is 2.